The number of hydrogen-bond acceptors (Lipinski definition) is 5. The van der Waals surface area contributed by atoms with E-state index < -0.39 is 5.97 Å². The summed E-state index contributed by atoms with van der Waals surface area (Å²) in [5, 5.41) is 16.3. The average molecular weight is 331 g/mol. The number of carbonyl (C=O) groups is 3. The summed E-state index contributed by atoms with van der Waals surface area (Å²) < 4.78 is 0. The van der Waals surface area contributed by atoms with E-state index in [0.29, 0.717) is 23.4 Å². The smallest absolute Gasteiger partial charge is 0.355 e. The van der Waals surface area contributed by atoms with Crippen molar-refractivity contribution in [1.82, 2.24) is 10.3 Å². The monoisotopic (exact) mass is 331 g/mol. The van der Waals surface area contributed by atoms with Crippen LogP contribution in [0.5, 0.6) is 0 Å². The number of carboxylic acids is 1. The zero-order valence-corrected chi connectivity index (χ0v) is 12.8. The molecule has 1 aliphatic rings. The molecule has 2 aromatic rings. The van der Waals surface area contributed by atoms with Crippen molar-refractivity contribution in [2.45, 2.75) is 19.4 Å². The Morgan fingerprint density at radius 3 is 2.91 bits per heavy atom. The van der Waals surface area contributed by atoms with Gasteiger partial charge in [-0.1, -0.05) is 0 Å². The standard InChI is InChI=1S/C15H13N3O4S/c19-12-4-2-8-5-9(1-3-10(8)17-12)14(20)16-6-13-18-11(7-23-13)15(21)22/h1,3,5,7H,2,4,6H2,(H,16,20)(H,17,19)(H,21,22). The van der Waals surface area contributed by atoms with E-state index in [0.717, 1.165) is 11.3 Å². The predicted octanol–water partition coefficient (Wildman–Crippen LogP) is 1.66. The van der Waals surface area contributed by atoms with Crippen LogP contribution < -0.4 is 10.6 Å². The minimum absolute atomic E-state index is 0.0206. The van der Waals surface area contributed by atoms with Crippen molar-refractivity contribution in [3.8, 4) is 0 Å². The third-order valence-corrected chi connectivity index (χ3v) is 4.28. The number of benzene rings is 1. The van der Waals surface area contributed by atoms with Crippen molar-refractivity contribution in [3.05, 3.63) is 45.4 Å². The van der Waals surface area contributed by atoms with Crippen LogP contribution >= 0.6 is 11.3 Å². The van der Waals surface area contributed by atoms with Gasteiger partial charge in [0.2, 0.25) is 5.91 Å². The van der Waals surface area contributed by atoms with Gasteiger partial charge in [-0.15, -0.1) is 11.3 Å². The molecule has 1 aliphatic heterocycles. The number of carbonyl (C=O) groups excluding carboxylic acids is 2. The van der Waals surface area contributed by atoms with Crippen LogP contribution in [0.25, 0.3) is 0 Å². The summed E-state index contributed by atoms with van der Waals surface area (Å²) in [6.07, 6.45) is 1.02. The van der Waals surface area contributed by atoms with Gasteiger partial charge in [0.05, 0.1) is 6.54 Å². The molecular formula is C15H13N3O4S. The van der Waals surface area contributed by atoms with Crippen LogP contribution in [-0.2, 0) is 17.8 Å². The predicted molar refractivity (Wildman–Crippen MR) is 83.6 cm³/mol. The van der Waals surface area contributed by atoms with Gasteiger partial charge in [0.1, 0.15) is 5.01 Å². The summed E-state index contributed by atoms with van der Waals surface area (Å²) in [5.74, 6) is -1.37. The van der Waals surface area contributed by atoms with Crippen LogP contribution in [0.15, 0.2) is 23.6 Å². The number of hydrogen-bond donors (Lipinski definition) is 3. The zero-order chi connectivity index (χ0) is 16.4. The number of anilines is 1. The molecule has 0 aliphatic carbocycles. The molecule has 1 aromatic heterocycles. The molecule has 8 heteroatoms. The van der Waals surface area contributed by atoms with Crippen LogP contribution in [-0.4, -0.2) is 27.9 Å². The molecule has 0 saturated heterocycles. The van der Waals surface area contributed by atoms with Gasteiger partial charge in [-0.3, -0.25) is 9.59 Å². The molecular weight excluding hydrogens is 318 g/mol. The molecule has 3 rings (SSSR count). The van der Waals surface area contributed by atoms with Crippen molar-refractivity contribution in [2.75, 3.05) is 5.32 Å². The van der Waals surface area contributed by atoms with Crippen LogP contribution in [0, 0.1) is 0 Å². The number of thiazole rings is 1. The van der Waals surface area contributed by atoms with Crippen molar-refractivity contribution in [3.63, 3.8) is 0 Å². The lowest BCUT2D eigenvalue weighted by Gasteiger charge is -2.17. The highest BCUT2D eigenvalue weighted by atomic mass is 32.1. The third kappa shape index (κ3) is 3.37. The van der Waals surface area contributed by atoms with Crippen LogP contribution in [0.2, 0.25) is 0 Å². The molecule has 118 valence electrons. The molecule has 2 amide bonds. The Balaban J connectivity index is 1.66. The first-order valence-corrected chi connectivity index (χ1v) is 7.79. The lowest BCUT2D eigenvalue weighted by Crippen LogP contribution is -2.24. The van der Waals surface area contributed by atoms with Gasteiger partial charge in [-0.2, -0.15) is 0 Å². The first-order chi connectivity index (χ1) is 11.0. The fourth-order valence-electron chi connectivity index (χ4n) is 2.27. The average Bonchev–Trinajstić information content (AvgIpc) is 3.01. The number of rotatable bonds is 4. The maximum absolute atomic E-state index is 12.2. The topological polar surface area (TPSA) is 108 Å². The Morgan fingerprint density at radius 1 is 1.35 bits per heavy atom. The highest BCUT2D eigenvalue weighted by Gasteiger charge is 2.17. The molecule has 0 radical (unpaired) electrons. The lowest BCUT2D eigenvalue weighted by molar-refractivity contribution is -0.116. The molecule has 0 unspecified atom stereocenters. The largest absolute Gasteiger partial charge is 0.476 e. The number of fused-ring (bicyclic) bond motifs is 1. The van der Waals surface area contributed by atoms with E-state index in [4.69, 9.17) is 5.11 Å². The van der Waals surface area contributed by atoms with Gasteiger partial charge in [0.15, 0.2) is 5.69 Å². The van der Waals surface area contributed by atoms with E-state index in [2.05, 4.69) is 15.6 Å². The summed E-state index contributed by atoms with van der Waals surface area (Å²) in [6.45, 7) is 0.171. The van der Waals surface area contributed by atoms with Crippen molar-refractivity contribution >= 4 is 34.8 Å². The number of carboxylic acid groups (broad SMARTS) is 1. The van der Waals surface area contributed by atoms with Gasteiger partial charge < -0.3 is 15.7 Å². The minimum atomic E-state index is -1.09. The quantitative estimate of drug-likeness (QED) is 0.789. The second-order valence-electron chi connectivity index (χ2n) is 5.03. The van der Waals surface area contributed by atoms with Crippen LogP contribution in [0.4, 0.5) is 5.69 Å². The third-order valence-electron chi connectivity index (χ3n) is 3.43. The van der Waals surface area contributed by atoms with Gasteiger partial charge >= 0.3 is 5.97 Å². The summed E-state index contributed by atoms with van der Waals surface area (Å²) in [6, 6.07) is 5.12. The number of amides is 2. The van der Waals surface area contributed by atoms with E-state index in [1.807, 2.05) is 0 Å². The number of aromatic carboxylic acids is 1. The zero-order valence-electron chi connectivity index (χ0n) is 12.0. The van der Waals surface area contributed by atoms with E-state index in [-0.39, 0.29) is 24.1 Å². The molecule has 3 N–H and O–H groups in total. The fraction of sp³-hybridized carbons (Fsp3) is 0.200. The van der Waals surface area contributed by atoms with Crippen molar-refractivity contribution in [1.29, 1.82) is 0 Å². The minimum Gasteiger partial charge on any atom is -0.476 e. The summed E-state index contributed by atoms with van der Waals surface area (Å²) in [5.41, 5.74) is 2.14. The maximum Gasteiger partial charge on any atom is 0.355 e. The Bertz CT molecular complexity index is 800. The number of aryl methyl sites for hydroxylation is 1. The summed E-state index contributed by atoms with van der Waals surface area (Å²) >= 11 is 1.18. The first-order valence-electron chi connectivity index (χ1n) is 6.91. The Kier molecular flexibility index (Phi) is 4.07. The normalized spacial score (nSPS) is 13.1. The Labute approximate surface area is 135 Å². The van der Waals surface area contributed by atoms with Gasteiger partial charge in [-0.25, -0.2) is 9.78 Å². The van der Waals surface area contributed by atoms with E-state index in [1.165, 1.54) is 16.7 Å². The summed E-state index contributed by atoms with van der Waals surface area (Å²) in [4.78, 5) is 38.2. The van der Waals surface area contributed by atoms with Gasteiger partial charge in [-0.05, 0) is 30.2 Å². The molecule has 0 fully saturated rings. The van der Waals surface area contributed by atoms with Gasteiger partial charge in [0.25, 0.3) is 5.91 Å². The second kappa shape index (κ2) is 6.17. The molecule has 0 bridgehead atoms. The number of nitrogens with one attached hydrogen (secondary N) is 2. The SMILES string of the molecule is O=C1CCc2cc(C(=O)NCc3nc(C(=O)O)cs3)ccc2N1. The van der Waals surface area contributed by atoms with Crippen molar-refractivity contribution < 1.29 is 19.5 Å². The van der Waals surface area contributed by atoms with Crippen LogP contribution in [0.3, 0.4) is 0 Å². The highest BCUT2D eigenvalue weighted by molar-refractivity contribution is 7.09. The Hall–Kier alpha value is -2.74. The second-order valence-corrected chi connectivity index (χ2v) is 5.98. The van der Waals surface area contributed by atoms with E-state index in [9.17, 15) is 14.4 Å². The number of nitrogens with zero attached hydrogens (tertiary/aromatic N) is 1. The van der Waals surface area contributed by atoms with Crippen LogP contribution in [0.1, 0.15) is 37.8 Å². The molecule has 7 nitrogen and oxygen atoms in total. The molecule has 0 spiro atoms. The molecule has 23 heavy (non-hydrogen) atoms. The van der Waals surface area contributed by atoms with E-state index >= 15 is 0 Å². The number of aromatic nitrogens is 1. The van der Waals surface area contributed by atoms with Gasteiger partial charge in [0, 0.05) is 23.1 Å². The maximum atomic E-state index is 12.2. The molecule has 2 heterocycles. The van der Waals surface area contributed by atoms with E-state index in [1.54, 1.807) is 18.2 Å². The molecule has 0 atom stereocenters. The first kappa shape index (κ1) is 15.2. The Morgan fingerprint density at radius 2 is 2.17 bits per heavy atom. The molecule has 0 saturated carbocycles. The fourth-order valence-corrected chi connectivity index (χ4v) is 2.98. The molecule has 1 aromatic carbocycles. The lowest BCUT2D eigenvalue weighted by atomic mass is 10.00. The van der Waals surface area contributed by atoms with Crippen molar-refractivity contribution in [2.24, 2.45) is 0 Å². The highest BCUT2D eigenvalue weighted by Crippen LogP contribution is 2.23. The summed E-state index contributed by atoms with van der Waals surface area (Å²) in [7, 11) is 0.